The fourth-order valence-electron chi connectivity index (χ4n) is 4.40. The molecule has 6 nitrogen and oxygen atoms in total. The van der Waals surface area contributed by atoms with Crippen LogP contribution >= 0.6 is 0 Å². The van der Waals surface area contributed by atoms with Gasteiger partial charge in [0.1, 0.15) is 0 Å². The zero-order valence-electron chi connectivity index (χ0n) is 21.0. The van der Waals surface area contributed by atoms with Gasteiger partial charge in [-0.3, -0.25) is 4.90 Å². The van der Waals surface area contributed by atoms with Gasteiger partial charge in [0.05, 0.1) is 36.6 Å². The first-order valence-corrected chi connectivity index (χ1v) is 14.0. The molecule has 0 N–H and O–H groups in total. The number of benzene rings is 3. The Hall–Kier alpha value is -2.55. The van der Waals surface area contributed by atoms with Gasteiger partial charge in [-0.1, -0.05) is 78.9 Å². The molecule has 1 saturated heterocycles. The summed E-state index contributed by atoms with van der Waals surface area (Å²) in [5, 5.41) is 0. The van der Waals surface area contributed by atoms with Crippen molar-refractivity contribution in [1.82, 2.24) is 4.90 Å². The molecular formula is C29H35NO5S. The molecule has 1 heterocycles. The Kier molecular flexibility index (Phi) is 8.93. The van der Waals surface area contributed by atoms with E-state index >= 15 is 0 Å². The van der Waals surface area contributed by atoms with Crippen molar-refractivity contribution in [2.75, 3.05) is 25.5 Å². The third kappa shape index (κ3) is 7.72. The minimum absolute atomic E-state index is 0.0599. The molecule has 4 rings (SSSR count). The Morgan fingerprint density at radius 2 is 1.50 bits per heavy atom. The van der Waals surface area contributed by atoms with E-state index < -0.39 is 15.6 Å². The van der Waals surface area contributed by atoms with Gasteiger partial charge in [0.25, 0.3) is 0 Å². The Balaban J connectivity index is 1.58. The van der Waals surface area contributed by atoms with E-state index in [2.05, 4.69) is 17.0 Å². The summed E-state index contributed by atoms with van der Waals surface area (Å²) < 4.78 is 44.9. The quantitative estimate of drug-likeness (QED) is 0.353. The van der Waals surface area contributed by atoms with Crippen LogP contribution in [0.1, 0.15) is 25.0 Å². The van der Waals surface area contributed by atoms with E-state index in [1.54, 1.807) is 24.3 Å². The number of rotatable bonds is 12. The highest BCUT2D eigenvalue weighted by molar-refractivity contribution is 7.91. The fourth-order valence-corrected chi connectivity index (χ4v) is 5.98. The zero-order valence-corrected chi connectivity index (χ0v) is 21.8. The van der Waals surface area contributed by atoms with Gasteiger partial charge in [0.15, 0.2) is 15.6 Å². The van der Waals surface area contributed by atoms with Crippen LogP contribution in [-0.4, -0.2) is 56.8 Å². The standard InChI is InChI=1S/C29H35NO5S/c1-29(2)34-22-27(35-29)19-30(18-24-12-6-3-7-13-24)26(21-33-20-25-14-8-4-9-15-25)23-36(31,32)28-16-10-5-11-17-28/h3-17,26-27H,18-23H2,1-2H3/t26-,27+/m1/s1. The average Bonchev–Trinajstić information content (AvgIpc) is 3.23. The summed E-state index contributed by atoms with van der Waals surface area (Å²) in [5.74, 6) is -0.714. The molecule has 0 radical (unpaired) electrons. The van der Waals surface area contributed by atoms with Crippen molar-refractivity contribution in [3.8, 4) is 0 Å². The van der Waals surface area contributed by atoms with E-state index in [1.165, 1.54) is 0 Å². The maximum atomic E-state index is 13.4. The molecule has 0 saturated carbocycles. The SMILES string of the molecule is CC1(C)OC[C@H](CN(Cc2ccccc2)[C@H](COCc2ccccc2)CS(=O)(=O)c2ccccc2)O1. The molecule has 0 amide bonds. The molecule has 7 heteroatoms. The van der Waals surface area contributed by atoms with Gasteiger partial charge < -0.3 is 14.2 Å². The van der Waals surface area contributed by atoms with Crippen LogP contribution in [0, 0.1) is 0 Å². The summed E-state index contributed by atoms with van der Waals surface area (Å²) in [4.78, 5) is 2.48. The van der Waals surface area contributed by atoms with Gasteiger partial charge in [0, 0.05) is 19.1 Å². The van der Waals surface area contributed by atoms with E-state index in [-0.39, 0.29) is 24.5 Å². The van der Waals surface area contributed by atoms with Crippen LogP contribution in [0.3, 0.4) is 0 Å². The monoisotopic (exact) mass is 509 g/mol. The molecule has 0 bridgehead atoms. The lowest BCUT2D eigenvalue weighted by atomic mass is 10.1. The van der Waals surface area contributed by atoms with Crippen molar-refractivity contribution in [1.29, 1.82) is 0 Å². The third-order valence-electron chi connectivity index (χ3n) is 6.19. The highest BCUT2D eigenvalue weighted by atomic mass is 32.2. The van der Waals surface area contributed by atoms with Crippen LogP contribution in [0.4, 0.5) is 0 Å². The van der Waals surface area contributed by atoms with Gasteiger partial charge in [0.2, 0.25) is 0 Å². The molecule has 0 unspecified atom stereocenters. The topological polar surface area (TPSA) is 65.1 Å². The Bertz CT molecular complexity index is 1170. The van der Waals surface area contributed by atoms with Crippen molar-refractivity contribution in [2.24, 2.45) is 0 Å². The summed E-state index contributed by atoms with van der Waals surface area (Å²) >= 11 is 0. The maximum absolute atomic E-state index is 13.4. The summed E-state index contributed by atoms with van der Waals surface area (Å²) in [6, 6.07) is 28.2. The molecular weight excluding hydrogens is 474 g/mol. The van der Waals surface area contributed by atoms with E-state index in [1.807, 2.05) is 68.4 Å². The first-order valence-electron chi connectivity index (χ1n) is 12.3. The highest BCUT2D eigenvalue weighted by Gasteiger charge is 2.36. The van der Waals surface area contributed by atoms with Crippen molar-refractivity contribution in [2.45, 2.75) is 49.8 Å². The van der Waals surface area contributed by atoms with Crippen LogP contribution in [0.15, 0.2) is 95.9 Å². The van der Waals surface area contributed by atoms with Crippen molar-refractivity contribution in [3.05, 3.63) is 102 Å². The van der Waals surface area contributed by atoms with Crippen molar-refractivity contribution in [3.63, 3.8) is 0 Å². The van der Waals surface area contributed by atoms with E-state index in [4.69, 9.17) is 14.2 Å². The first kappa shape index (κ1) is 26.5. The van der Waals surface area contributed by atoms with E-state index in [0.717, 1.165) is 11.1 Å². The Morgan fingerprint density at radius 3 is 2.08 bits per heavy atom. The Labute approximate surface area is 214 Å². The second-order valence-corrected chi connectivity index (χ2v) is 11.6. The molecule has 0 aromatic heterocycles. The molecule has 0 spiro atoms. The van der Waals surface area contributed by atoms with Crippen LogP contribution in [0.2, 0.25) is 0 Å². The number of ether oxygens (including phenoxy) is 3. The van der Waals surface area contributed by atoms with Crippen LogP contribution in [0.5, 0.6) is 0 Å². The second-order valence-electron chi connectivity index (χ2n) is 9.61. The summed E-state index contributed by atoms with van der Waals surface area (Å²) in [5.41, 5.74) is 2.15. The van der Waals surface area contributed by atoms with Gasteiger partial charge >= 0.3 is 0 Å². The maximum Gasteiger partial charge on any atom is 0.179 e. The largest absolute Gasteiger partial charge is 0.375 e. The highest BCUT2D eigenvalue weighted by Crippen LogP contribution is 2.25. The van der Waals surface area contributed by atoms with Gasteiger partial charge in [-0.05, 0) is 37.1 Å². The van der Waals surface area contributed by atoms with Gasteiger partial charge in [-0.25, -0.2) is 8.42 Å². The van der Waals surface area contributed by atoms with Crippen LogP contribution < -0.4 is 0 Å². The van der Waals surface area contributed by atoms with Crippen molar-refractivity contribution >= 4 is 9.84 Å². The minimum atomic E-state index is -3.54. The van der Waals surface area contributed by atoms with Crippen molar-refractivity contribution < 1.29 is 22.6 Å². The predicted octanol–water partition coefficient (Wildman–Crippen LogP) is 4.70. The molecule has 2 atom stereocenters. The average molecular weight is 510 g/mol. The summed E-state index contributed by atoms with van der Waals surface area (Å²) in [6.07, 6.45) is -0.167. The number of sulfone groups is 1. The lowest BCUT2D eigenvalue weighted by molar-refractivity contribution is -0.141. The molecule has 1 aliphatic rings. The number of hydrogen-bond acceptors (Lipinski definition) is 6. The molecule has 0 aliphatic carbocycles. The number of hydrogen-bond donors (Lipinski definition) is 0. The summed E-state index contributed by atoms with van der Waals surface area (Å²) in [7, 11) is -3.54. The normalized spacial score (nSPS) is 18.4. The third-order valence-corrected chi connectivity index (χ3v) is 8.00. The predicted molar refractivity (Wildman–Crippen MR) is 140 cm³/mol. The summed E-state index contributed by atoms with van der Waals surface area (Å²) in [6.45, 7) is 6.04. The van der Waals surface area contributed by atoms with E-state index in [0.29, 0.717) is 31.2 Å². The molecule has 3 aromatic rings. The molecule has 1 fully saturated rings. The molecule has 3 aromatic carbocycles. The zero-order chi connectivity index (χ0) is 25.4. The van der Waals surface area contributed by atoms with E-state index in [9.17, 15) is 8.42 Å². The smallest absolute Gasteiger partial charge is 0.179 e. The minimum Gasteiger partial charge on any atom is -0.375 e. The molecule has 36 heavy (non-hydrogen) atoms. The van der Waals surface area contributed by atoms with Crippen LogP contribution in [0.25, 0.3) is 0 Å². The lowest BCUT2D eigenvalue weighted by Gasteiger charge is -2.33. The Morgan fingerprint density at radius 1 is 0.917 bits per heavy atom. The fraction of sp³-hybridized carbons (Fsp3) is 0.379. The van der Waals surface area contributed by atoms with Gasteiger partial charge in [-0.2, -0.15) is 0 Å². The lowest BCUT2D eigenvalue weighted by Crippen LogP contribution is -2.47. The number of nitrogens with zero attached hydrogens (tertiary/aromatic N) is 1. The van der Waals surface area contributed by atoms with Gasteiger partial charge in [-0.15, -0.1) is 0 Å². The molecule has 1 aliphatic heterocycles. The molecule has 192 valence electrons. The second kappa shape index (κ2) is 12.1. The first-order chi connectivity index (χ1) is 17.3. The van der Waals surface area contributed by atoms with Crippen LogP contribution in [-0.2, 0) is 37.2 Å².